The van der Waals surface area contributed by atoms with Crippen LogP contribution in [0.15, 0.2) is 24.3 Å². The van der Waals surface area contributed by atoms with Crippen LogP contribution in [0.2, 0.25) is 0 Å². The van der Waals surface area contributed by atoms with Crippen molar-refractivity contribution < 1.29 is 4.79 Å². The normalized spacial score (nSPS) is 23.9. The summed E-state index contributed by atoms with van der Waals surface area (Å²) in [7, 11) is 0. The zero-order chi connectivity index (χ0) is 13.1. The molecular weight excluding hydrogens is 234 g/mol. The first-order chi connectivity index (χ1) is 9.34. The number of carbonyl (C=O) groups excluding carboxylic acids is 1. The predicted molar refractivity (Wildman–Crippen MR) is 77.3 cm³/mol. The second kappa shape index (κ2) is 5.87. The lowest BCUT2D eigenvalue weighted by molar-refractivity contribution is -0.124. The molecule has 0 spiro atoms. The molecule has 1 fully saturated rings. The highest BCUT2D eigenvalue weighted by atomic mass is 16.1. The summed E-state index contributed by atoms with van der Waals surface area (Å²) in [5, 5.41) is 3.34. The fourth-order valence-electron chi connectivity index (χ4n) is 3.62. The molecule has 19 heavy (non-hydrogen) atoms. The summed E-state index contributed by atoms with van der Waals surface area (Å²) in [5.41, 5.74) is 2.91. The maximum atomic E-state index is 12.4. The molecule has 1 saturated heterocycles. The number of ketones is 1. The third kappa shape index (κ3) is 2.89. The average molecular weight is 257 g/mol. The number of aryl methyl sites for hydroxylation is 1. The minimum absolute atomic E-state index is 0.315. The van der Waals surface area contributed by atoms with E-state index in [9.17, 15) is 4.79 Å². The molecule has 2 nitrogen and oxygen atoms in total. The van der Waals surface area contributed by atoms with Gasteiger partial charge < -0.3 is 5.32 Å². The topological polar surface area (TPSA) is 29.1 Å². The summed E-state index contributed by atoms with van der Waals surface area (Å²) in [6.45, 7) is 2.02. The number of fused-ring (bicyclic) bond motifs is 1. The molecule has 102 valence electrons. The first kappa shape index (κ1) is 12.9. The third-order valence-electron chi connectivity index (χ3n) is 4.74. The number of nitrogens with one attached hydrogen (secondary N) is 1. The van der Waals surface area contributed by atoms with Gasteiger partial charge in [-0.05, 0) is 62.2 Å². The summed E-state index contributed by atoms with van der Waals surface area (Å²) in [5.74, 6) is 1.30. The quantitative estimate of drug-likeness (QED) is 0.901. The van der Waals surface area contributed by atoms with Crippen molar-refractivity contribution in [1.29, 1.82) is 0 Å². The van der Waals surface area contributed by atoms with Crippen LogP contribution in [0.25, 0.3) is 0 Å². The van der Waals surface area contributed by atoms with Crippen molar-refractivity contribution in [3.63, 3.8) is 0 Å². The Balaban J connectivity index is 1.68. The summed E-state index contributed by atoms with van der Waals surface area (Å²) in [6, 6.07) is 8.70. The molecule has 3 rings (SSSR count). The van der Waals surface area contributed by atoms with Crippen LogP contribution in [0.5, 0.6) is 0 Å². The van der Waals surface area contributed by atoms with E-state index in [0.29, 0.717) is 17.6 Å². The molecule has 1 aliphatic heterocycles. The van der Waals surface area contributed by atoms with Crippen molar-refractivity contribution in [2.75, 3.05) is 13.1 Å². The number of benzene rings is 1. The van der Waals surface area contributed by atoms with Crippen molar-refractivity contribution in [2.24, 2.45) is 5.92 Å². The smallest absolute Gasteiger partial charge is 0.136 e. The van der Waals surface area contributed by atoms with Crippen LogP contribution < -0.4 is 5.32 Å². The van der Waals surface area contributed by atoms with Crippen molar-refractivity contribution in [3.8, 4) is 0 Å². The van der Waals surface area contributed by atoms with Crippen LogP contribution in [-0.4, -0.2) is 18.9 Å². The number of piperidine rings is 1. The van der Waals surface area contributed by atoms with E-state index in [-0.39, 0.29) is 0 Å². The van der Waals surface area contributed by atoms with Gasteiger partial charge in [-0.1, -0.05) is 24.3 Å². The molecule has 0 aromatic heterocycles. The van der Waals surface area contributed by atoms with Crippen LogP contribution in [-0.2, 0) is 11.2 Å². The third-order valence-corrected chi connectivity index (χ3v) is 4.74. The van der Waals surface area contributed by atoms with Gasteiger partial charge in [-0.2, -0.15) is 0 Å². The highest BCUT2D eigenvalue weighted by Crippen LogP contribution is 2.35. The number of carbonyl (C=O) groups is 1. The summed E-state index contributed by atoms with van der Waals surface area (Å²) < 4.78 is 0. The Hall–Kier alpha value is -1.15. The predicted octanol–water partition coefficient (Wildman–Crippen LogP) is 3.07. The van der Waals surface area contributed by atoms with Gasteiger partial charge in [0.2, 0.25) is 0 Å². The van der Waals surface area contributed by atoms with Gasteiger partial charge in [0.05, 0.1) is 0 Å². The van der Waals surface area contributed by atoms with Crippen LogP contribution >= 0.6 is 0 Å². The molecule has 2 heteroatoms. The molecule has 1 aromatic carbocycles. The molecule has 2 aliphatic rings. The van der Waals surface area contributed by atoms with Gasteiger partial charge in [-0.25, -0.2) is 0 Å². The van der Waals surface area contributed by atoms with Crippen LogP contribution in [0.4, 0.5) is 0 Å². The number of hydrogen-bond donors (Lipinski definition) is 1. The van der Waals surface area contributed by atoms with Gasteiger partial charge in [-0.3, -0.25) is 4.79 Å². The average Bonchev–Trinajstić information content (AvgIpc) is 2.48. The zero-order valence-corrected chi connectivity index (χ0v) is 11.5. The second-order valence-electron chi connectivity index (χ2n) is 5.98. The minimum Gasteiger partial charge on any atom is -0.317 e. The fraction of sp³-hybridized carbons (Fsp3) is 0.588. The number of rotatable bonds is 3. The Morgan fingerprint density at radius 3 is 2.79 bits per heavy atom. The first-order valence-electron chi connectivity index (χ1n) is 7.66. The SMILES string of the molecule is O=C(CC1CCCc2ccccc21)C1CCNCC1. The molecule has 0 amide bonds. The van der Waals surface area contributed by atoms with E-state index < -0.39 is 0 Å². The first-order valence-corrected chi connectivity index (χ1v) is 7.66. The Labute approximate surface area is 115 Å². The van der Waals surface area contributed by atoms with E-state index in [1.165, 1.54) is 30.4 Å². The minimum atomic E-state index is 0.315. The summed E-state index contributed by atoms with van der Waals surface area (Å²) in [4.78, 5) is 12.4. The van der Waals surface area contributed by atoms with Crippen molar-refractivity contribution in [1.82, 2.24) is 5.32 Å². The van der Waals surface area contributed by atoms with E-state index in [0.717, 1.165) is 32.4 Å². The van der Waals surface area contributed by atoms with Gasteiger partial charge >= 0.3 is 0 Å². The van der Waals surface area contributed by atoms with Crippen LogP contribution in [0.1, 0.15) is 49.1 Å². The number of hydrogen-bond acceptors (Lipinski definition) is 2. The zero-order valence-electron chi connectivity index (χ0n) is 11.5. The van der Waals surface area contributed by atoms with Crippen molar-refractivity contribution >= 4 is 5.78 Å². The van der Waals surface area contributed by atoms with Crippen molar-refractivity contribution in [2.45, 2.75) is 44.4 Å². The van der Waals surface area contributed by atoms with E-state index in [1.54, 1.807) is 0 Å². The monoisotopic (exact) mass is 257 g/mol. The van der Waals surface area contributed by atoms with E-state index in [2.05, 4.69) is 29.6 Å². The Kier molecular flexibility index (Phi) is 3.97. The molecule has 1 heterocycles. The molecule has 0 saturated carbocycles. The lowest BCUT2D eigenvalue weighted by Gasteiger charge is -2.27. The Morgan fingerprint density at radius 2 is 1.95 bits per heavy atom. The standard InChI is InChI=1S/C17H23NO/c19-17(14-8-10-18-11-9-14)12-15-6-3-5-13-4-1-2-7-16(13)15/h1-2,4,7,14-15,18H,3,5-6,8-12H2. The largest absolute Gasteiger partial charge is 0.317 e. The summed E-state index contributed by atoms with van der Waals surface area (Å²) >= 11 is 0. The highest BCUT2D eigenvalue weighted by Gasteiger charge is 2.26. The lowest BCUT2D eigenvalue weighted by Crippen LogP contribution is -2.32. The van der Waals surface area contributed by atoms with E-state index in [1.807, 2.05) is 0 Å². The molecular formula is C17H23NO. The lowest BCUT2D eigenvalue weighted by atomic mass is 9.78. The molecule has 1 atom stereocenters. The van der Waals surface area contributed by atoms with Gasteiger partial charge in [0, 0.05) is 12.3 Å². The van der Waals surface area contributed by atoms with E-state index >= 15 is 0 Å². The molecule has 0 bridgehead atoms. The maximum Gasteiger partial charge on any atom is 0.136 e. The van der Waals surface area contributed by atoms with Gasteiger partial charge in [0.15, 0.2) is 0 Å². The van der Waals surface area contributed by atoms with Crippen LogP contribution in [0.3, 0.4) is 0 Å². The van der Waals surface area contributed by atoms with Crippen LogP contribution in [0, 0.1) is 5.92 Å². The molecule has 1 aliphatic carbocycles. The van der Waals surface area contributed by atoms with Crippen molar-refractivity contribution in [3.05, 3.63) is 35.4 Å². The summed E-state index contributed by atoms with van der Waals surface area (Å²) in [6.07, 6.45) is 6.45. The van der Waals surface area contributed by atoms with E-state index in [4.69, 9.17) is 0 Å². The second-order valence-corrected chi connectivity index (χ2v) is 5.98. The number of Topliss-reactive ketones (excluding diaryl/α,β-unsaturated/α-hetero) is 1. The molecule has 0 radical (unpaired) electrons. The molecule has 1 N–H and O–H groups in total. The van der Waals surface area contributed by atoms with Gasteiger partial charge in [-0.15, -0.1) is 0 Å². The Morgan fingerprint density at radius 1 is 1.16 bits per heavy atom. The fourth-order valence-corrected chi connectivity index (χ4v) is 3.62. The Bertz CT molecular complexity index is 448. The van der Waals surface area contributed by atoms with Gasteiger partial charge in [0.1, 0.15) is 5.78 Å². The molecule has 1 aromatic rings. The maximum absolute atomic E-state index is 12.4. The molecule has 1 unspecified atom stereocenters. The highest BCUT2D eigenvalue weighted by molar-refractivity contribution is 5.82. The van der Waals surface area contributed by atoms with Gasteiger partial charge in [0.25, 0.3) is 0 Å².